The van der Waals surface area contributed by atoms with Gasteiger partial charge in [0, 0.05) is 11.8 Å². The lowest BCUT2D eigenvalue weighted by molar-refractivity contribution is 0.314. The molecule has 0 aliphatic heterocycles. The minimum atomic E-state index is -0.286. The molecule has 3 aromatic rings. The van der Waals surface area contributed by atoms with E-state index in [9.17, 15) is 4.39 Å². The summed E-state index contributed by atoms with van der Waals surface area (Å²) in [5, 5.41) is 10.4. The highest BCUT2D eigenvalue weighted by Gasteiger charge is 2.11. The molecule has 0 aliphatic rings. The number of nitrogens with one attached hydrogen (secondary N) is 1. The van der Waals surface area contributed by atoms with Gasteiger partial charge in [-0.25, -0.2) is 9.02 Å². The molecule has 0 saturated heterocycles. The van der Waals surface area contributed by atoms with Crippen molar-refractivity contribution in [1.82, 2.24) is 15.3 Å². The van der Waals surface area contributed by atoms with Crippen molar-refractivity contribution >= 4 is 22.5 Å². The van der Waals surface area contributed by atoms with Crippen LogP contribution in [0.5, 0.6) is 5.88 Å². The lowest BCUT2D eigenvalue weighted by Crippen LogP contribution is -1.98. The third-order valence-corrected chi connectivity index (χ3v) is 2.86. The van der Waals surface area contributed by atoms with Crippen LogP contribution in [-0.4, -0.2) is 22.4 Å². The van der Waals surface area contributed by atoms with Crippen molar-refractivity contribution < 1.29 is 13.8 Å². The first-order valence-corrected chi connectivity index (χ1v) is 5.88. The van der Waals surface area contributed by atoms with Crippen LogP contribution in [0.1, 0.15) is 5.56 Å². The van der Waals surface area contributed by atoms with Gasteiger partial charge in [-0.2, -0.15) is 4.98 Å². The van der Waals surface area contributed by atoms with Gasteiger partial charge in [-0.05, 0) is 34.9 Å². The molecule has 1 N–H and O–H groups in total. The standard InChI is InChI=1S/C13H11FN4O2/c1-7-3-4-8(5-9(7)14)15-11-6-10-12(18-20-17-10)16-13(11)19-2/h3-6,15H,1-2H3. The van der Waals surface area contributed by atoms with Gasteiger partial charge >= 0.3 is 0 Å². The fraction of sp³-hybridized carbons (Fsp3) is 0.154. The van der Waals surface area contributed by atoms with Crippen LogP contribution in [0, 0.1) is 12.7 Å². The van der Waals surface area contributed by atoms with Crippen LogP contribution in [0.25, 0.3) is 11.2 Å². The summed E-state index contributed by atoms with van der Waals surface area (Å²) >= 11 is 0. The Bertz CT molecular complexity index is 772. The Morgan fingerprint density at radius 3 is 2.85 bits per heavy atom. The van der Waals surface area contributed by atoms with Gasteiger partial charge in [0.15, 0.2) is 5.52 Å². The molecule has 0 aliphatic carbocycles. The second kappa shape index (κ2) is 4.76. The van der Waals surface area contributed by atoms with E-state index >= 15 is 0 Å². The van der Waals surface area contributed by atoms with Gasteiger partial charge in [-0.15, -0.1) is 0 Å². The Labute approximate surface area is 113 Å². The van der Waals surface area contributed by atoms with Crippen molar-refractivity contribution in [3.8, 4) is 5.88 Å². The Morgan fingerprint density at radius 2 is 2.10 bits per heavy atom. The summed E-state index contributed by atoms with van der Waals surface area (Å²) in [7, 11) is 1.49. The number of aryl methyl sites for hydroxylation is 1. The highest BCUT2D eigenvalue weighted by atomic mass is 19.1. The molecule has 1 aromatic carbocycles. The topological polar surface area (TPSA) is 73.1 Å². The number of hydrogen-bond donors (Lipinski definition) is 1. The normalized spacial score (nSPS) is 10.8. The molecule has 0 fully saturated rings. The molecule has 0 bridgehead atoms. The SMILES string of the molecule is COc1nc2nonc2cc1Nc1ccc(C)c(F)c1. The first-order chi connectivity index (χ1) is 9.67. The van der Waals surface area contributed by atoms with Crippen LogP contribution in [0.4, 0.5) is 15.8 Å². The molecule has 7 heteroatoms. The third-order valence-electron chi connectivity index (χ3n) is 2.86. The lowest BCUT2D eigenvalue weighted by atomic mass is 10.2. The van der Waals surface area contributed by atoms with Gasteiger partial charge in [-0.3, -0.25) is 0 Å². The van der Waals surface area contributed by atoms with Gasteiger partial charge in [0.25, 0.3) is 0 Å². The highest BCUT2D eigenvalue weighted by Crippen LogP contribution is 2.28. The van der Waals surface area contributed by atoms with E-state index < -0.39 is 0 Å². The average Bonchev–Trinajstić information content (AvgIpc) is 2.89. The maximum atomic E-state index is 13.5. The quantitative estimate of drug-likeness (QED) is 0.791. The number of fused-ring (bicyclic) bond motifs is 1. The number of rotatable bonds is 3. The minimum absolute atomic E-state index is 0.286. The van der Waals surface area contributed by atoms with Crippen LogP contribution >= 0.6 is 0 Å². The van der Waals surface area contributed by atoms with E-state index in [1.165, 1.54) is 13.2 Å². The van der Waals surface area contributed by atoms with Gasteiger partial charge in [-0.1, -0.05) is 6.07 Å². The second-order valence-corrected chi connectivity index (χ2v) is 4.24. The number of halogens is 1. The largest absolute Gasteiger partial charge is 0.479 e. The van der Waals surface area contributed by atoms with Gasteiger partial charge in [0.1, 0.15) is 11.5 Å². The molecule has 0 unspecified atom stereocenters. The van der Waals surface area contributed by atoms with E-state index in [1.807, 2.05) is 0 Å². The summed E-state index contributed by atoms with van der Waals surface area (Å²) < 4.78 is 23.3. The lowest BCUT2D eigenvalue weighted by Gasteiger charge is -2.10. The zero-order chi connectivity index (χ0) is 14.1. The Balaban J connectivity index is 2.01. The smallest absolute Gasteiger partial charge is 0.239 e. The van der Waals surface area contributed by atoms with E-state index in [0.29, 0.717) is 34.0 Å². The van der Waals surface area contributed by atoms with Crippen molar-refractivity contribution in [2.24, 2.45) is 0 Å². The van der Waals surface area contributed by atoms with Crippen molar-refractivity contribution in [2.75, 3.05) is 12.4 Å². The fourth-order valence-corrected chi connectivity index (χ4v) is 1.79. The van der Waals surface area contributed by atoms with E-state index in [4.69, 9.17) is 4.74 Å². The predicted molar refractivity (Wildman–Crippen MR) is 70.6 cm³/mol. The first kappa shape index (κ1) is 12.3. The van der Waals surface area contributed by atoms with Crippen molar-refractivity contribution in [3.63, 3.8) is 0 Å². The Kier molecular flexibility index (Phi) is 2.94. The van der Waals surface area contributed by atoms with E-state index in [1.54, 1.807) is 25.1 Å². The molecule has 0 amide bonds. The summed E-state index contributed by atoms with van der Waals surface area (Å²) in [5.74, 6) is 0.0419. The number of aromatic nitrogens is 3. The summed E-state index contributed by atoms with van der Waals surface area (Å²) in [4.78, 5) is 4.14. The van der Waals surface area contributed by atoms with E-state index in [2.05, 4.69) is 25.2 Å². The van der Waals surface area contributed by atoms with Crippen LogP contribution in [0.3, 0.4) is 0 Å². The maximum Gasteiger partial charge on any atom is 0.239 e. The van der Waals surface area contributed by atoms with Crippen molar-refractivity contribution in [2.45, 2.75) is 6.92 Å². The Morgan fingerprint density at radius 1 is 1.25 bits per heavy atom. The molecular formula is C13H11FN4O2. The molecule has 0 atom stereocenters. The number of ether oxygens (including phenoxy) is 1. The van der Waals surface area contributed by atoms with Crippen LogP contribution < -0.4 is 10.1 Å². The van der Waals surface area contributed by atoms with Crippen LogP contribution in [0.2, 0.25) is 0 Å². The number of hydrogen-bond acceptors (Lipinski definition) is 6. The molecule has 0 spiro atoms. The second-order valence-electron chi connectivity index (χ2n) is 4.24. The monoisotopic (exact) mass is 274 g/mol. The number of anilines is 2. The van der Waals surface area contributed by atoms with E-state index in [0.717, 1.165) is 0 Å². The van der Waals surface area contributed by atoms with Gasteiger partial charge in [0.05, 0.1) is 7.11 Å². The molecule has 2 aromatic heterocycles. The van der Waals surface area contributed by atoms with Crippen molar-refractivity contribution in [3.05, 3.63) is 35.6 Å². The molecule has 102 valence electrons. The molecule has 20 heavy (non-hydrogen) atoms. The highest BCUT2D eigenvalue weighted by molar-refractivity contribution is 5.78. The first-order valence-electron chi connectivity index (χ1n) is 5.88. The summed E-state index contributed by atoms with van der Waals surface area (Å²) in [5.41, 5.74) is 2.56. The average molecular weight is 274 g/mol. The van der Waals surface area contributed by atoms with Crippen molar-refractivity contribution in [1.29, 1.82) is 0 Å². The van der Waals surface area contributed by atoms with Gasteiger partial charge in [0.2, 0.25) is 11.5 Å². The van der Waals surface area contributed by atoms with Crippen LogP contribution in [-0.2, 0) is 0 Å². The van der Waals surface area contributed by atoms with E-state index in [-0.39, 0.29) is 5.82 Å². The number of nitrogens with zero attached hydrogens (tertiary/aromatic N) is 3. The molecule has 2 heterocycles. The van der Waals surface area contributed by atoms with Gasteiger partial charge < -0.3 is 10.1 Å². The predicted octanol–water partition coefficient (Wildman–Crippen LogP) is 2.82. The summed E-state index contributed by atoms with van der Waals surface area (Å²) in [6.45, 7) is 1.70. The molecule has 0 saturated carbocycles. The molecular weight excluding hydrogens is 263 g/mol. The summed E-state index contributed by atoms with van der Waals surface area (Å²) in [6.07, 6.45) is 0. The number of pyridine rings is 1. The molecule has 3 rings (SSSR count). The zero-order valence-corrected chi connectivity index (χ0v) is 10.8. The van der Waals surface area contributed by atoms with Crippen LogP contribution in [0.15, 0.2) is 28.9 Å². The minimum Gasteiger partial charge on any atom is -0.479 e. The maximum absolute atomic E-state index is 13.5. The molecule has 0 radical (unpaired) electrons. The summed E-state index contributed by atoms with van der Waals surface area (Å²) in [6, 6.07) is 6.53. The number of benzene rings is 1. The fourth-order valence-electron chi connectivity index (χ4n) is 1.79. The Hall–Kier alpha value is -2.70. The third kappa shape index (κ3) is 2.13. The zero-order valence-electron chi connectivity index (χ0n) is 10.8. The molecule has 6 nitrogen and oxygen atoms in total. The number of methoxy groups -OCH3 is 1.